The molecule has 3 aromatic rings. The van der Waals surface area contributed by atoms with E-state index in [-0.39, 0.29) is 6.03 Å². The van der Waals surface area contributed by atoms with Gasteiger partial charge < -0.3 is 20.1 Å². The largest absolute Gasteiger partial charge is 0.368 e. The normalized spacial score (nSPS) is 14.8. The van der Waals surface area contributed by atoms with Gasteiger partial charge in [0.05, 0.1) is 11.0 Å². The molecule has 0 unspecified atom stereocenters. The van der Waals surface area contributed by atoms with Crippen LogP contribution in [0, 0.1) is 6.92 Å². The Balaban J connectivity index is 1.39. The molecule has 1 aliphatic heterocycles. The SMILES string of the molecule is Cc1nc2ccc(N3CCN(C(=O)Nc4ccccc4)CC3)cc2[nH]1. The number of carbonyl (C=O) groups is 1. The standard InChI is InChI=1S/C19H21N5O/c1-14-20-17-8-7-16(13-18(17)21-14)23-9-11-24(12-10-23)19(25)22-15-5-3-2-4-6-15/h2-8,13H,9-12H2,1H3,(H,20,21)(H,22,25). The monoisotopic (exact) mass is 335 g/mol. The van der Waals surface area contributed by atoms with E-state index in [2.05, 4.69) is 32.3 Å². The molecule has 2 aromatic carbocycles. The van der Waals surface area contributed by atoms with Gasteiger partial charge in [0.2, 0.25) is 0 Å². The number of H-pyrrole nitrogens is 1. The lowest BCUT2D eigenvalue weighted by Crippen LogP contribution is -2.50. The predicted octanol–water partition coefficient (Wildman–Crippen LogP) is 3.23. The van der Waals surface area contributed by atoms with Crippen molar-refractivity contribution in [3.05, 3.63) is 54.4 Å². The van der Waals surface area contributed by atoms with E-state index in [9.17, 15) is 4.79 Å². The lowest BCUT2D eigenvalue weighted by Gasteiger charge is -2.36. The Kier molecular flexibility index (Phi) is 4.01. The van der Waals surface area contributed by atoms with Gasteiger partial charge in [0, 0.05) is 37.6 Å². The van der Waals surface area contributed by atoms with Crippen molar-refractivity contribution in [1.29, 1.82) is 0 Å². The molecule has 1 saturated heterocycles. The Labute approximate surface area is 146 Å². The topological polar surface area (TPSA) is 64.3 Å². The maximum absolute atomic E-state index is 12.4. The number of aryl methyl sites for hydroxylation is 1. The van der Waals surface area contributed by atoms with Crippen molar-refractivity contribution < 1.29 is 4.79 Å². The third-order valence-corrected chi connectivity index (χ3v) is 4.54. The first-order chi connectivity index (χ1) is 12.2. The third kappa shape index (κ3) is 3.28. The highest BCUT2D eigenvalue weighted by Gasteiger charge is 2.21. The zero-order valence-corrected chi connectivity index (χ0v) is 14.2. The number of urea groups is 1. The number of piperazine rings is 1. The molecule has 0 bridgehead atoms. The molecule has 2 heterocycles. The molecule has 1 aliphatic rings. The lowest BCUT2D eigenvalue weighted by molar-refractivity contribution is 0.208. The van der Waals surface area contributed by atoms with Gasteiger partial charge in [-0.1, -0.05) is 18.2 Å². The van der Waals surface area contributed by atoms with Crippen molar-refractivity contribution >= 4 is 28.4 Å². The molecule has 0 aliphatic carbocycles. The van der Waals surface area contributed by atoms with Gasteiger partial charge in [0.25, 0.3) is 0 Å². The molecule has 0 spiro atoms. The van der Waals surface area contributed by atoms with Crippen LogP contribution >= 0.6 is 0 Å². The van der Waals surface area contributed by atoms with Crippen molar-refractivity contribution in [2.45, 2.75) is 6.92 Å². The first-order valence-corrected chi connectivity index (χ1v) is 8.51. The number of fused-ring (bicyclic) bond motifs is 1. The summed E-state index contributed by atoms with van der Waals surface area (Å²) in [7, 11) is 0. The molecule has 1 fully saturated rings. The van der Waals surface area contributed by atoms with Crippen LogP contribution in [0.1, 0.15) is 5.82 Å². The van der Waals surface area contributed by atoms with E-state index in [4.69, 9.17) is 0 Å². The fourth-order valence-electron chi connectivity index (χ4n) is 3.21. The summed E-state index contributed by atoms with van der Waals surface area (Å²) in [5.74, 6) is 0.926. The number of hydrogen-bond acceptors (Lipinski definition) is 3. The molecule has 128 valence electrons. The number of para-hydroxylation sites is 1. The predicted molar refractivity (Wildman–Crippen MR) is 100 cm³/mol. The molecule has 2 N–H and O–H groups in total. The molecule has 25 heavy (non-hydrogen) atoms. The number of rotatable bonds is 2. The Morgan fingerprint density at radius 3 is 2.60 bits per heavy atom. The van der Waals surface area contributed by atoms with E-state index >= 15 is 0 Å². The van der Waals surface area contributed by atoms with E-state index in [0.29, 0.717) is 13.1 Å². The maximum Gasteiger partial charge on any atom is 0.321 e. The van der Waals surface area contributed by atoms with Crippen molar-refractivity contribution in [3.63, 3.8) is 0 Å². The van der Waals surface area contributed by atoms with Gasteiger partial charge in [-0.25, -0.2) is 9.78 Å². The minimum atomic E-state index is -0.0366. The number of nitrogens with zero attached hydrogens (tertiary/aromatic N) is 3. The van der Waals surface area contributed by atoms with Gasteiger partial charge in [-0.05, 0) is 37.3 Å². The second kappa shape index (κ2) is 6.47. The summed E-state index contributed by atoms with van der Waals surface area (Å²) in [6.45, 7) is 5.02. The van der Waals surface area contributed by atoms with E-state index in [1.54, 1.807) is 0 Å². The van der Waals surface area contributed by atoms with E-state index in [0.717, 1.165) is 35.6 Å². The number of nitrogens with one attached hydrogen (secondary N) is 2. The van der Waals surface area contributed by atoms with Crippen LogP contribution in [-0.4, -0.2) is 47.1 Å². The van der Waals surface area contributed by atoms with Gasteiger partial charge in [-0.2, -0.15) is 0 Å². The number of amides is 2. The van der Waals surface area contributed by atoms with Gasteiger partial charge in [-0.3, -0.25) is 0 Å². The van der Waals surface area contributed by atoms with Crippen LogP contribution < -0.4 is 10.2 Å². The van der Waals surface area contributed by atoms with Crippen LogP contribution in [0.15, 0.2) is 48.5 Å². The minimum absolute atomic E-state index is 0.0366. The second-order valence-electron chi connectivity index (χ2n) is 6.29. The highest BCUT2D eigenvalue weighted by Crippen LogP contribution is 2.22. The number of aromatic amines is 1. The van der Waals surface area contributed by atoms with Gasteiger partial charge in [0.1, 0.15) is 5.82 Å². The van der Waals surface area contributed by atoms with Crippen molar-refractivity contribution in [2.75, 3.05) is 36.4 Å². The second-order valence-corrected chi connectivity index (χ2v) is 6.29. The van der Waals surface area contributed by atoms with E-state index in [1.165, 1.54) is 5.69 Å². The summed E-state index contributed by atoms with van der Waals surface area (Å²) in [6, 6.07) is 15.8. The smallest absolute Gasteiger partial charge is 0.321 e. The Bertz CT molecular complexity index is 881. The Morgan fingerprint density at radius 1 is 1.08 bits per heavy atom. The number of aromatic nitrogens is 2. The molecule has 0 atom stereocenters. The highest BCUT2D eigenvalue weighted by atomic mass is 16.2. The van der Waals surface area contributed by atoms with Crippen molar-refractivity contribution in [3.8, 4) is 0 Å². The number of anilines is 2. The van der Waals surface area contributed by atoms with Crippen LogP contribution in [-0.2, 0) is 0 Å². The summed E-state index contributed by atoms with van der Waals surface area (Å²) >= 11 is 0. The minimum Gasteiger partial charge on any atom is -0.368 e. The summed E-state index contributed by atoms with van der Waals surface area (Å²) in [4.78, 5) is 24.3. The lowest BCUT2D eigenvalue weighted by atomic mass is 10.2. The average molecular weight is 335 g/mol. The molecule has 0 saturated carbocycles. The quantitative estimate of drug-likeness (QED) is 0.756. The van der Waals surface area contributed by atoms with E-state index < -0.39 is 0 Å². The van der Waals surface area contributed by atoms with Gasteiger partial charge in [-0.15, -0.1) is 0 Å². The molecule has 6 heteroatoms. The van der Waals surface area contributed by atoms with Gasteiger partial charge in [0.15, 0.2) is 0 Å². The van der Waals surface area contributed by atoms with Gasteiger partial charge >= 0.3 is 6.03 Å². The zero-order chi connectivity index (χ0) is 17.2. The fourth-order valence-corrected chi connectivity index (χ4v) is 3.21. The van der Waals surface area contributed by atoms with Crippen molar-refractivity contribution in [1.82, 2.24) is 14.9 Å². The van der Waals surface area contributed by atoms with Crippen molar-refractivity contribution in [2.24, 2.45) is 0 Å². The summed E-state index contributed by atoms with van der Waals surface area (Å²) in [5, 5.41) is 2.95. The molecular weight excluding hydrogens is 314 g/mol. The van der Waals surface area contributed by atoms with Crippen LogP contribution in [0.5, 0.6) is 0 Å². The number of hydrogen-bond donors (Lipinski definition) is 2. The Morgan fingerprint density at radius 2 is 1.84 bits per heavy atom. The molecule has 0 radical (unpaired) electrons. The van der Waals surface area contributed by atoms with Crippen LogP contribution in [0.25, 0.3) is 11.0 Å². The third-order valence-electron chi connectivity index (χ3n) is 4.54. The van der Waals surface area contributed by atoms with Crippen LogP contribution in [0.3, 0.4) is 0 Å². The summed E-state index contributed by atoms with van der Waals surface area (Å²) in [6.07, 6.45) is 0. The molecular formula is C19H21N5O. The number of carbonyl (C=O) groups excluding carboxylic acids is 1. The molecule has 6 nitrogen and oxygen atoms in total. The number of benzene rings is 2. The maximum atomic E-state index is 12.4. The highest BCUT2D eigenvalue weighted by molar-refractivity contribution is 5.89. The van der Waals surface area contributed by atoms with E-state index in [1.807, 2.05) is 48.2 Å². The average Bonchev–Trinajstić information content (AvgIpc) is 3.02. The van der Waals surface area contributed by atoms with Crippen LogP contribution in [0.2, 0.25) is 0 Å². The molecule has 1 aromatic heterocycles. The summed E-state index contributed by atoms with van der Waals surface area (Å²) < 4.78 is 0. The number of imidazole rings is 1. The fraction of sp³-hybridized carbons (Fsp3) is 0.263. The Hall–Kier alpha value is -3.02. The first kappa shape index (κ1) is 15.5. The first-order valence-electron chi connectivity index (χ1n) is 8.51. The molecule has 4 rings (SSSR count). The summed E-state index contributed by atoms with van der Waals surface area (Å²) in [5.41, 5.74) is 4.04. The molecule has 2 amide bonds. The van der Waals surface area contributed by atoms with Crippen LogP contribution in [0.4, 0.5) is 16.2 Å². The zero-order valence-electron chi connectivity index (χ0n) is 14.2.